The third-order valence-corrected chi connectivity index (χ3v) is 5.81. The number of aromatic nitrogens is 3. The van der Waals surface area contributed by atoms with Crippen molar-refractivity contribution >= 4 is 34.3 Å². The summed E-state index contributed by atoms with van der Waals surface area (Å²) in [5, 5.41) is 18.3. The van der Waals surface area contributed by atoms with Gasteiger partial charge in [-0.3, -0.25) is 9.48 Å². The van der Waals surface area contributed by atoms with Crippen molar-refractivity contribution < 1.29 is 4.79 Å². The average Bonchev–Trinajstić information content (AvgIpc) is 3.06. The number of rotatable bonds is 5. The lowest BCUT2D eigenvalue weighted by atomic mass is 10.1. The summed E-state index contributed by atoms with van der Waals surface area (Å²) in [5.74, 6) is -0.182. The molecule has 1 amide bonds. The highest BCUT2D eigenvalue weighted by Gasteiger charge is 2.18. The number of amides is 1. The molecule has 0 saturated heterocycles. The molecule has 0 aliphatic carbocycles. The molecular weight excluding hydrogens is 406 g/mol. The van der Waals surface area contributed by atoms with Gasteiger partial charge in [-0.05, 0) is 49.9 Å². The topological polar surface area (TPSA) is 83.6 Å². The van der Waals surface area contributed by atoms with Crippen molar-refractivity contribution in [3.63, 3.8) is 0 Å². The quantitative estimate of drug-likeness (QED) is 0.456. The van der Waals surface area contributed by atoms with Gasteiger partial charge < -0.3 is 5.32 Å². The number of nitrogens with zero attached hydrogens (tertiary/aromatic N) is 4. The number of para-hydroxylation sites is 1. The summed E-state index contributed by atoms with van der Waals surface area (Å²) in [6.07, 6.45) is 1.94. The molecule has 4 rings (SSSR count). The highest BCUT2D eigenvalue weighted by molar-refractivity contribution is 7.98. The van der Waals surface area contributed by atoms with Gasteiger partial charge in [-0.1, -0.05) is 30.3 Å². The van der Waals surface area contributed by atoms with E-state index in [-0.39, 0.29) is 5.91 Å². The van der Waals surface area contributed by atoms with E-state index in [2.05, 4.69) is 21.5 Å². The molecule has 2 aromatic heterocycles. The van der Waals surface area contributed by atoms with Crippen molar-refractivity contribution in [2.24, 2.45) is 0 Å². The molecule has 0 aliphatic heterocycles. The number of carbonyl (C=O) groups is 1. The summed E-state index contributed by atoms with van der Waals surface area (Å²) in [6, 6.07) is 19.0. The fourth-order valence-electron chi connectivity index (χ4n) is 3.51. The minimum absolute atomic E-state index is 0.182. The smallest absolute Gasteiger partial charge is 0.256 e. The van der Waals surface area contributed by atoms with Gasteiger partial charge in [0.1, 0.15) is 0 Å². The van der Waals surface area contributed by atoms with Crippen molar-refractivity contribution in [1.82, 2.24) is 14.8 Å². The number of hydrogen-bond acceptors (Lipinski definition) is 5. The van der Waals surface area contributed by atoms with E-state index in [4.69, 9.17) is 5.26 Å². The van der Waals surface area contributed by atoms with Crippen LogP contribution in [0.1, 0.15) is 32.9 Å². The van der Waals surface area contributed by atoms with Crippen LogP contribution in [0.3, 0.4) is 0 Å². The number of carbonyl (C=O) groups excluding carboxylic acids is 1. The van der Waals surface area contributed by atoms with Crippen LogP contribution in [-0.4, -0.2) is 26.9 Å². The lowest BCUT2D eigenvalue weighted by Gasteiger charge is -2.10. The van der Waals surface area contributed by atoms with E-state index < -0.39 is 0 Å². The highest BCUT2D eigenvalue weighted by Crippen LogP contribution is 2.26. The van der Waals surface area contributed by atoms with Gasteiger partial charge in [0.15, 0.2) is 0 Å². The Morgan fingerprint density at radius 3 is 2.61 bits per heavy atom. The van der Waals surface area contributed by atoms with Crippen molar-refractivity contribution in [2.45, 2.75) is 25.4 Å². The Kier molecular flexibility index (Phi) is 5.74. The number of benzene rings is 2. The normalized spacial score (nSPS) is 10.8. The number of nitriles is 1. The molecule has 0 fully saturated rings. The molecule has 1 N–H and O–H groups in total. The lowest BCUT2D eigenvalue weighted by Crippen LogP contribution is -2.14. The molecule has 0 aliphatic rings. The van der Waals surface area contributed by atoms with Crippen LogP contribution in [0.4, 0.5) is 5.69 Å². The second-order valence-electron chi connectivity index (χ2n) is 7.20. The largest absolute Gasteiger partial charge is 0.319 e. The first-order valence-corrected chi connectivity index (χ1v) is 11.0. The maximum atomic E-state index is 13.2. The Labute approximate surface area is 184 Å². The highest BCUT2D eigenvalue weighted by atomic mass is 32.2. The van der Waals surface area contributed by atoms with Crippen molar-refractivity contribution in [3.8, 4) is 6.07 Å². The summed E-state index contributed by atoms with van der Waals surface area (Å²) in [4.78, 5) is 17.8. The van der Waals surface area contributed by atoms with Crippen molar-refractivity contribution in [1.29, 1.82) is 5.26 Å². The van der Waals surface area contributed by atoms with Crippen LogP contribution in [-0.2, 0) is 6.54 Å². The summed E-state index contributed by atoms with van der Waals surface area (Å²) in [7, 11) is 0. The molecule has 7 heteroatoms. The zero-order valence-corrected chi connectivity index (χ0v) is 18.3. The van der Waals surface area contributed by atoms with Gasteiger partial charge in [0.05, 0.1) is 51.4 Å². The minimum atomic E-state index is -0.182. The van der Waals surface area contributed by atoms with Gasteiger partial charge in [-0.25, -0.2) is 4.98 Å². The van der Waals surface area contributed by atoms with Crippen LogP contribution in [0.2, 0.25) is 0 Å². The lowest BCUT2D eigenvalue weighted by molar-refractivity contribution is 0.102. The van der Waals surface area contributed by atoms with E-state index >= 15 is 0 Å². The van der Waals surface area contributed by atoms with Gasteiger partial charge in [-0.15, -0.1) is 11.8 Å². The number of thioether (sulfide) groups is 1. The molecule has 4 aromatic rings. The molecule has 0 atom stereocenters. The van der Waals surface area contributed by atoms with Crippen LogP contribution >= 0.6 is 11.8 Å². The number of pyridine rings is 1. The van der Waals surface area contributed by atoms with Gasteiger partial charge >= 0.3 is 0 Å². The Hall–Kier alpha value is -3.63. The standard InChI is InChI=1S/C24H21N5OS/c1-15-23(16(2)29(28-15)14-18-10-8-17(13-25)9-11-18)27-24(30)20-12-22(31-3)26-21-7-5-4-6-19(20)21/h4-12H,14H2,1-3H3,(H,27,30). The molecule has 0 unspecified atom stereocenters. The average molecular weight is 428 g/mol. The van der Waals surface area contributed by atoms with Crippen LogP contribution in [0.15, 0.2) is 59.6 Å². The van der Waals surface area contributed by atoms with E-state index in [1.54, 1.807) is 12.1 Å². The fraction of sp³-hybridized carbons (Fsp3) is 0.167. The van der Waals surface area contributed by atoms with Gasteiger partial charge in [0.25, 0.3) is 5.91 Å². The Balaban J connectivity index is 1.63. The Bertz CT molecular complexity index is 1320. The summed E-state index contributed by atoms with van der Waals surface area (Å²) >= 11 is 1.51. The number of nitrogens with one attached hydrogen (secondary N) is 1. The van der Waals surface area contributed by atoms with E-state index in [1.165, 1.54) is 11.8 Å². The maximum Gasteiger partial charge on any atom is 0.256 e. The first-order valence-electron chi connectivity index (χ1n) is 9.78. The van der Waals surface area contributed by atoms with Gasteiger partial charge in [-0.2, -0.15) is 10.4 Å². The molecule has 154 valence electrons. The minimum Gasteiger partial charge on any atom is -0.319 e. The van der Waals surface area contributed by atoms with Gasteiger partial charge in [0, 0.05) is 5.39 Å². The summed E-state index contributed by atoms with van der Waals surface area (Å²) in [5.41, 5.74) is 5.39. The Morgan fingerprint density at radius 1 is 1.16 bits per heavy atom. The van der Waals surface area contributed by atoms with Crippen molar-refractivity contribution in [2.75, 3.05) is 11.6 Å². The molecular formula is C24H21N5OS. The second-order valence-corrected chi connectivity index (χ2v) is 8.02. The SMILES string of the molecule is CSc1cc(C(=O)Nc2c(C)nn(Cc3ccc(C#N)cc3)c2C)c2ccccc2n1. The first-order chi connectivity index (χ1) is 15.0. The monoisotopic (exact) mass is 427 g/mol. The number of aryl methyl sites for hydroxylation is 1. The third-order valence-electron chi connectivity index (χ3n) is 5.18. The molecule has 2 heterocycles. The van der Waals surface area contributed by atoms with E-state index in [9.17, 15) is 4.79 Å². The zero-order valence-electron chi connectivity index (χ0n) is 17.5. The Morgan fingerprint density at radius 2 is 1.90 bits per heavy atom. The van der Waals surface area contributed by atoms with E-state index in [1.807, 2.05) is 67.2 Å². The molecule has 2 aromatic carbocycles. The second kappa shape index (κ2) is 8.62. The molecule has 0 spiro atoms. The summed E-state index contributed by atoms with van der Waals surface area (Å²) in [6.45, 7) is 4.39. The number of hydrogen-bond donors (Lipinski definition) is 1. The predicted molar refractivity (Wildman–Crippen MR) is 123 cm³/mol. The van der Waals surface area contributed by atoms with E-state index in [0.717, 1.165) is 32.9 Å². The molecule has 0 bridgehead atoms. The van der Waals surface area contributed by atoms with Gasteiger partial charge in [0.2, 0.25) is 0 Å². The predicted octanol–water partition coefficient (Wildman–Crippen LogP) is 4.94. The first kappa shape index (κ1) is 20.6. The zero-order chi connectivity index (χ0) is 22.0. The molecule has 6 nitrogen and oxygen atoms in total. The van der Waals surface area contributed by atoms with Crippen LogP contribution in [0.5, 0.6) is 0 Å². The number of fused-ring (bicyclic) bond motifs is 1. The third kappa shape index (κ3) is 4.16. The van der Waals surface area contributed by atoms with Crippen molar-refractivity contribution in [3.05, 3.63) is 82.7 Å². The fourth-order valence-corrected chi connectivity index (χ4v) is 3.94. The molecule has 0 saturated carbocycles. The number of anilines is 1. The maximum absolute atomic E-state index is 13.2. The molecule has 0 radical (unpaired) electrons. The summed E-state index contributed by atoms with van der Waals surface area (Å²) < 4.78 is 1.87. The van der Waals surface area contributed by atoms with E-state index in [0.29, 0.717) is 23.4 Å². The molecule has 31 heavy (non-hydrogen) atoms. The van der Waals surface area contributed by atoms with Crippen LogP contribution in [0.25, 0.3) is 10.9 Å². The van der Waals surface area contributed by atoms with Crippen LogP contribution in [0, 0.1) is 25.2 Å². The van der Waals surface area contributed by atoms with Crippen LogP contribution < -0.4 is 5.32 Å².